The Kier molecular flexibility index (Phi) is 4.55. The lowest BCUT2D eigenvalue weighted by Gasteiger charge is -2.32. The monoisotopic (exact) mass is 316 g/mol. The van der Waals surface area contributed by atoms with E-state index in [1.807, 2.05) is 0 Å². The maximum Gasteiger partial charge on any atom is 0.246 e. The number of aliphatic hydroxyl groups is 1. The molecule has 1 atom stereocenters. The van der Waals surface area contributed by atoms with Gasteiger partial charge in [-0.3, -0.25) is 0 Å². The molecule has 2 rings (SSSR count). The average Bonchev–Trinajstić information content (AvgIpc) is 2.42. The third kappa shape index (κ3) is 3.20. The van der Waals surface area contributed by atoms with Gasteiger partial charge in [0.1, 0.15) is 10.7 Å². The van der Waals surface area contributed by atoms with Gasteiger partial charge in [0, 0.05) is 18.8 Å². The van der Waals surface area contributed by atoms with Crippen LogP contribution in [0.1, 0.15) is 25.3 Å². The fourth-order valence-corrected chi connectivity index (χ4v) is 4.15. The van der Waals surface area contributed by atoms with E-state index in [4.69, 9.17) is 5.73 Å². The van der Waals surface area contributed by atoms with Crippen molar-refractivity contribution in [3.05, 3.63) is 23.5 Å². The summed E-state index contributed by atoms with van der Waals surface area (Å²) in [6, 6.07) is 2.32. The first kappa shape index (κ1) is 16.2. The van der Waals surface area contributed by atoms with Crippen molar-refractivity contribution in [3.8, 4) is 0 Å². The summed E-state index contributed by atoms with van der Waals surface area (Å²) < 4.78 is 40.3. The fraction of sp³-hybridized carbons (Fsp3) is 0.571. The van der Waals surface area contributed by atoms with E-state index >= 15 is 0 Å². The summed E-state index contributed by atoms with van der Waals surface area (Å²) in [4.78, 5) is -0.374. The first-order valence-corrected chi connectivity index (χ1v) is 8.41. The molecule has 3 N–H and O–H groups in total. The zero-order chi connectivity index (χ0) is 15.8. The predicted molar refractivity (Wildman–Crippen MR) is 78.7 cm³/mol. The van der Waals surface area contributed by atoms with E-state index in [0.717, 1.165) is 6.07 Å². The standard InChI is InChI=1S/C14H21FN2O3S/c1-9-7-12(15)14(8-13(9)16)21(19,20)17-5-3-11(4-6-17)10(2)18/h7-8,10-11,18H,3-6,16H2,1-2H3. The van der Waals surface area contributed by atoms with Crippen LogP contribution in [-0.2, 0) is 10.0 Å². The molecule has 1 heterocycles. The molecular formula is C14H21FN2O3S. The highest BCUT2D eigenvalue weighted by Crippen LogP contribution is 2.28. The summed E-state index contributed by atoms with van der Waals surface area (Å²) in [5.41, 5.74) is 6.47. The second kappa shape index (κ2) is 5.90. The maximum atomic E-state index is 14.0. The number of rotatable bonds is 3. The second-order valence-electron chi connectivity index (χ2n) is 5.62. The van der Waals surface area contributed by atoms with Crippen LogP contribution >= 0.6 is 0 Å². The Morgan fingerprint density at radius 2 is 1.95 bits per heavy atom. The van der Waals surface area contributed by atoms with Gasteiger partial charge in [0.15, 0.2) is 0 Å². The van der Waals surface area contributed by atoms with Gasteiger partial charge < -0.3 is 10.8 Å². The van der Waals surface area contributed by atoms with Crippen LogP contribution in [0.4, 0.5) is 10.1 Å². The first-order valence-electron chi connectivity index (χ1n) is 6.97. The number of sulfonamides is 1. The minimum atomic E-state index is -3.88. The number of hydrogen-bond donors (Lipinski definition) is 2. The Morgan fingerprint density at radius 3 is 2.48 bits per heavy atom. The molecule has 1 saturated heterocycles. The van der Waals surface area contributed by atoms with Crippen LogP contribution in [0.25, 0.3) is 0 Å². The van der Waals surface area contributed by atoms with Gasteiger partial charge >= 0.3 is 0 Å². The zero-order valence-corrected chi connectivity index (χ0v) is 13.0. The van der Waals surface area contributed by atoms with E-state index in [1.54, 1.807) is 13.8 Å². The van der Waals surface area contributed by atoms with Crippen LogP contribution < -0.4 is 5.73 Å². The molecule has 1 aliphatic heterocycles. The van der Waals surface area contributed by atoms with Crippen molar-refractivity contribution in [1.29, 1.82) is 0 Å². The molecule has 1 fully saturated rings. The molecule has 1 aliphatic rings. The summed E-state index contributed by atoms with van der Waals surface area (Å²) in [7, 11) is -3.88. The average molecular weight is 316 g/mol. The van der Waals surface area contributed by atoms with Crippen molar-refractivity contribution in [2.75, 3.05) is 18.8 Å². The molecule has 0 spiro atoms. The molecule has 5 nitrogen and oxygen atoms in total. The van der Waals surface area contributed by atoms with Gasteiger partial charge in [0.05, 0.1) is 6.10 Å². The molecule has 7 heteroatoms. The third-order valence-corrected chi connectivity index (χ3v) is 6.03. The van der Waals surface area contributed by atoms with E-state index in [2.05, 4.69) is 0 Å². The molecule has 0 bridgehead atoms. The van der Waals surface area contributed by atoms with Crippen LogP contribution in [0.15, 0.2) is 17.0 Å². The SMILES string of the molecule is Cc1cc(F)c(S(=O)(=O)N2CCC(C(C)O)CC2)cc1N. The summed E-state index contributed by atoms with van der Waals surface area (Å²) >= 11 is 0. The number of piperidine rings is 1. The summed E-state index contributed by atoms with van der Waals surface area (Å²) in [6.45, 7) is 3.90. The van der Waals surface area contributed by atoms with Gasteiger partial charge in [-0.15, -0.1) is 0 Å². The Balaban J connectivity index is 2.26. The van der Waals surface area contributed by atoms with Crippen LogP contribution in [0.2, 0.25) is 0 Å². The Labute approximate surface area is 124 Å². The highest BCUT2D eigenvalue weighted by atomic mass is 32.2. The molecule has 1 aromatic carbocycles. The van der Waals surface area contributed by atoms with Crippen LogP contribution in [-0.4, -0.2) is 37.0 Å². The van der Waals surface area contributed by atoms with Crippen molar-refractivity contribution in [3.63, 3.8) is 0 Å². The number of hydrogen-bond acceptors (Lipinski definition) is 4. The van der Waals surface area contributed by atoms with Crippen LogP contribution in [0.3, 0.4) is 0 Å². The highest BCUT2D eigenvalue weighted by Gasteiger charge is 2.32. The lowest BCUT2D eigenvalue weighted by molar-refractivity contribution is 0.0911. The summed E-state index contributed by atoms with van der Waals surface area (Å²) in [6.07, 6.45) is 0.682. The molecule has 118 valence electrons. The third-order valence-electron chi connectivity index (χ3n) is 4.12. The summed E-state index contributed by atoms with van der Waals surface area (Å²) in [5.74, 6) is -0.691. The second-order valence-corrected chi connectivity index (χ2v) is 7.53. The number of nitrogens with two attached hydrogens (primary N) is 1. The molecule has 0 radical (unpaired) electrons. The number of aryl methyl sites for hydroxylation is 1. The van der Waals surface area contributed by atoms with Crippen molar-refractivity contribution in [2.24, 2.45) is 5.92 Å². The predicted octanol–water partition coefficient (Wildman–Crippen LogP) is 1.50. The molecule has 0 aromatic heterocycles. The number of nitrogen functional groups attached to an aromatic ring is 1. The Morgan fingerprint density at radius 1 is 1.38 bits per heavy atom. The maximum absolute atomic E-state index is 14.0. The molecule has 0 saturated carbocycles. The van der Waals surface area contributed by atoms with Crippen molar-refractivity contribution in [2.45, 2.75) is 37.7 Å². The van der Waals surface area contributed by atoms with Gasteiger partial charge in [0.2, 0.25) is 10.0 Å². The number of benzene rings is 1. The lowest BCUT2D eigenvalue weighted by Crippen LogP contribution is -2.41. The number of nitrogens with zero attached hydrogens (tertiary/aromatic N) is 1. The zero-order valence-electron chi connectivity index (χ0n) is 12.2. The Bertz CT molecular complexity index is 623. The van der Waals surface area contributed by atoms with Gasteiger partial charge in [-0.2, -0.15) is 4.31 Å². The Hall–Kier alpha value is -1.18. The topological polar surface area (TPSA) is 83.6 Å². The van der Waals surface area contributed by atoms with E-state index in [9.17, 15) is 17.9 Å². The normalized spacial score (nSPS) is 19.6. The van der Waals surface area contributed by atoms with E-state index in [-0.39, 0.29) is 29.6 Å². The quantitative estimate of drug-likeness (QED) is 0.828. The van der Waals surface area contributed by atoms with Gasteiger partial charge in [-0.1, -0.05) is 0 Å². The summed E-state index contributed by atoms with van der Waals surface area (Å²) in [5, 5.41) is 9.55. The minimum absolute atomic E-state index is 0.0874. The van der Waals surface area contributed by atoms with E-state index < -0.39 is 21.9 Å². The minimum Gasteiger partial charge on any atom is -0.398 e. The van der Waals surface area contributed by atoms with Crippen molar-refractivity contribution >= 4 is 15.7 Å². The number of aliphatic hydroxyl groups excluding tert-OH is 1. The largest absolute Gasteiger partial charge is 0.398 e. The molecule has 0 amide bonds. The molecule has 0 aliphatic carbocycles. The number of anilines is 1. The van der Waals surface area contributed by atoms with Gasteiger partial charge in [0.25, 0.3) is 0 Å². The van der Waals surface area contributed by atoms with Crippen LogP contribution in [0, 0.1) is 18.7 Å². The fourth-order valence-electron chi connectivity index (χ4n) is 2.60. The van der Waals surface area contributed by atoms with Gasteiger partial charge in [-0.25, -0.2) is 12.8 Å². The highest BCUT2D eigenvalue weighted by molar-refractivity contribution is 7.89. The van der Waals surface area contributed by atoms with Crippen LogP contribution in [0.5, 0.6) is 0 Å². The molecule has 1 aromatic rings. The molecule has 21 heavy (non-hydrogen) atoms. The lowest BCUT2D eigenvalue weighted by atomic mass is 9.93. The van der Waals surface area contributed by atoms with Crippen molar-refractivity contribution < 1.29 is 17.9 Å². The van der Waals surface area contributed by atoms with Gasteiger partial charge in [-0.05, 0) is 50.3 Å². The smallest absolute Gasteiger partial charge is 0.246 e. The first-order chi connectivity index (χ1) is 9.73. The molecule has 1 unspecified atom stereocenters. The number of halogens is 1. The van der Waals surface area contributed by atoms with Crippen molar-refractivity contribution in [1.82, 2.24) is 4.31 Å². The van der Waals surface area contributed by atoms with E-state index in [1.165, 1.54) is 10.4 Å². The van der Waals surface area contributed by atoms with E-state index in [0.29, 0.717) is 18.4 Å². The molecular weight excluding hydrogens is 295 g/mol.